The molecule has 0 spiro atoms. The number of likely N-dealkylation sites (N-methyl/N-ethyl adjacent to an activating group) is 1. The highest BCUT2D eigenvalue weighted by Crippen LogP contribution is 2.01. The second-order valence-electron chi connectivity index (χ2n) is 5.34. The number of rotatable bonds is 9. The maximum atomic E-state index is 11.5. The van der Waals surface area contributed by atoms with E-state index in [0.29, 0.717) is 25.0 Å². The first kappa shape index (κ1) is 22.7. The third-order valence-electron chi connectivity index (χ3n) is 2.72. The Morgan fingerprint density at radius 3 is 2.38 bits per heavy atom. The summed E-state index contributed by atoms with van der Waals surface area (Å²) in [5.41, 5.74) is 0. The molecule has 0 radical (unpaired) electrons. The van der Waals surface area contributed by atoms with Crippen LogP contribution in [0.25, 0.3) is 0 Å². The Morgan fingerprint density at radius 1 is 1.24 bits per heavy atom. The lowest BCUT2D eigenvalue weighted by atomic mass is 10.1. The summed E-state index contributed by atoms with van der Waals surface area (Å²) >= 11 is 0. The van der Waals surface area contributed by atoms with Crippen molar-refractivity contribution in [1.82, 2.24) is 15.5 Å². The van der Waals surface area contributed by atoms with Crippen molar-refractivity contribution >= 4 is 35.8 Å². The zero-order valence-electron chi connectivity index (χ0n) is 13.9. The summed E-state index contributed by atoms with van der Waals surface area (Å²) in [5, 5.41) is 6.39. The largest absolute Gasteiger partial charge is 0.383 e. The Kier molecular flexibility index (Phi) is 15.5. The molecule has 2 N–H and O–H groups in total. The van der Waals surface area contributed by atoms with Gasteiger partial charge in [-0.1, -0.05) is 13.8 Å². The molecule has 0 saturated carbocycles. The molecule has 0 aromatic carbocycles. The molecule has 0 aromatic heterocycles. The molecule has 0 fully saturated rings. The Balaban J connectivity index is 0. The minimum atomic E-state index is -0.0139. The molecule has 0 unspecified atom stereocenters. The highest BCUT2D eigenvalue weighted by molar-refractivity contribution is 14.0. The van der Waals surface area contributed by atoms with Crippen molar-refractivity contribution in [3.63, 3.8) is 0 Å². The van der Waals surface area contributed by atoms with Crippen LogP contribution in [0, 0.1) is 5.92 Å². The third kappa shape index (κ3) is 14.1. The molecule has 0 aliphatic rings. The van der Waals surface area contributed by atoms with E-state index in [0.717, 1.165) is 13.0 Å². The van der Waals surface area contributed by atoms with Crippen molar-refractivity contribution in [1.29, 1.82) is 0 Å². The van der Waals surface area contributed by atoms with Gasteiger partial charge in [0.2, 0.25) is 5.91 Å². The molecule has 1 amide bonds. The van der Waals surface area contributed by atoms with Crippen molar-refractivity contribution in [3.05, 3.63) is 0 Å². The van der Waals surface area contributed by atoms with Gasteiger partial charge in [0.15, 0.2) is 5.96 Å². The summed E-state index contributed by atoms with van der Waals surface area (Å²) in [7, 11) is 5.11. The van der Waals surface area contributed by atoms with E-state index < -0.39 is 0 Å². The number of guanidine groups is 1. The van der Waals surface area contributed by atoms with Gasteiger partial charge in [-0.15, -0.1) is 24.0 Å². The van der Waals surface area contributed by atoms with Gasteiger partial charge in [-0.05, 0) is 18.8 Å². The van der Waals surface area contributed by atoms with E-state index >= 15 is 0 Å². The molecule has 21 heavy (non-hydrogen) atoms. The van der Waals surface area contributed by atoms with Crippen molar-refractivity contribution in [3.8, 4) is 0 Å². The van der Waals surface area contributed by atoms with Crippen LogP contribution in [0.4, 0.5) is 0 Å². The first-order valence-corrected chi connectivity index (χ1v) is 7.18. The average Bonchev–Trinajstić information content (AvgIpc) is 2.39. The quantitative estimate of drug-likeness (QED) is 0.259. The lowest BCUT2D eigenvalue weighted by molar-refractivity contribution is -0.127. The summed E-state index contributed by atoms with van der Waals surface area (Å²) in [6.45, 7) is 6.70. The second kappa shape index (κ2) is 14.4. The summed E-state index contributed by atoms with van der Waals surface area (Å²) in [4.78, 5) is 17.4. The van der Waals surface area contributed by atoms with Crippen LogP contribution in [0.3, 0.4) is 0 Å². The fourth-order valence-electron chi connectivity index (χ4n) is 1.45. The zero-order valence-corrected chi connectivity index (χ0v) is 16.3. The van der Waals surface area contributed by atoms with Crippen LogP contribution in [0.15, 0.2) is 4.99 Å². The summed E-state index contributed by atoms with van der Waals surface area (Å²) in [6, 6.07) is 0. The third-order valence-corrected chi connectivity index (χ3v) is 2.72. The number of carbonyl (C=O) groups is 1. The molecule has 7 heteroatoms. The van der Waals surface area contributed by atoms with Gasteiger partial charge in [-0.3, -0.25) is 4.79 Å². The molecule has 0 bridgehead atoms. The van der Waals surface area contributed by atoms with Crippen LogP contribution in [0.1, 0.15) is 26.7 Å². The van der Waals surface area contributed by atoms with Gasteiger partial charge >= 0.3 is 0 Å². The van der Waals surface area contributed by atoms with Gasteiger partial charge in [0, 0.05) is 34.3 Å². The van der Waals surface area contributed by atoms with Crippen LogP contribution in [-0.4, -0.2) is 64.2 Å². The van der Waals surface area contributed by atoms with Crippen LogP contribution < -0.4 is 10.6 Å². The standard InChI is InChI=1S/C14H30N4O2.HI/c1-12(2)7-6-8-15-14(16-9-10-20-5)17-11-13(19)18(3)4;/h12H,6-11H2,1-5H3,(H2,15,16,17);1H. The van der Waals surface area contributed by atoms with Gasteiger partial charge in [0.25, 0.3) is 0 Å². The molecule has 0 rings (SSSR count). The normalized spacial score (nSPS) is 11.0. The molecule has 0 heterocycles. The molecule has 0 aliphatic carbocycles. The molecule has 0 atom stereocenters. The Hall–Kier alpha value is -0.570. The minimum Gasteiger partial charge on any atom is -0.383 e. The molecule has 6 nitrogen and oxygen atoms in total. The van der Waals surface area contributed by atoms with Crippen LogP contribution >= 0.6 is 24.0 Å². The average molecular weight is 414 g/mol. The zero-order chi connectivity index (χ0) is 15.4. The van der Waals surface area contributed by atoms with Crippen molar-refractivity contribution < 1.29 is 9.53 Å². The number of hydrogen-bond donors (Lipinski definition) is 2. The van der Waals surface area contributed by atoms with E-state index in [4.69, 9.17) is 4.74 Å². The number of hydrogen-bond acceptors (Lipinski definition) is 3. The predicted octanol–water partition coefficient (Wildman–Crippen LogP) is 1.31. The highest BCUT2D eigenvalue weighted by Gasteiger charge is 2.04. The number of aliphatic imine (C=N–C) groups is 1. The van der Waals surface area contributed by atoms with E-state index in [-0.39, 0.29) is 36.4 Å². The summed E-state index contributed by atoms with van der Waals surface area (Å²) < 4.78 is 4.99. The lowest BCUT2D eigenvalue weighted by Crippen LogP contribution is -2.40. The number of halogens is 1. The predicted molar refractivity (Wildman–Crippen MR) is 98.4 cm³/mol. The molecular weight excluding hydrogens is 383 g/mol. The van der Waals surface area contributed by atoms with Crippen molar-refractivity contribution in [2.24, 2.45) is 10.9 Å². The van der Waals surface area contributed by atoms with Crippen LogP contribution in [-0.2, 0) is 9.53 Å². The monoisotopic (exact) mass is 414 g/mol. The molecule has 126 valence electrons. The van der Waals surface area contributed by atoms with Gasteiger partial charge in [-0.25, -0.2) is 4.99 Å². The first-order chi connectivity index (χ1) is 9.47. The van der Waals surface area contributed by atoms with Gasteiger partial charge in [0.1, 0.15) is 6.54 Å². The Bertz CT molecular complexity index is 297. The first-order valence-electron chi connectivity index (χ1n) is 7.18. The maximum absolute atomic E-state index is 11.5. The SMILES string of the molecule is COCCNC(=NCC(=O)N(C)C)NCCCC(C)C.I. The van der Waals surface area contributed by atoms with E-state index in [9.17, 15) is 4.79 Å². The van der Waals surface area contributed by atoms with Gasteiger partial charge in [-0.2, -0.15) is 0 Å². The van der Waals surface area contributed by atoms with Gasteiger partial charge in [0.05, 0.1) is 6.61 Å². The number of carbonyl (C=O) groups excluding carboxylic acids is 1. The lowest BCUT2D eigenvalue weighted by Gasteiger charge is -2.14. The number of ether oxygens (including phenoxy) is 1. The molecule has 0 aliphatic heterocycles. The van der Waals surface area contributed by atoms with Crippen LogP contribution in [0.5, 0.6) is 0 Å². The summed E-state index contributed by atoms with van der Waals surface area (Å²) in [5.74, 6) is 1.36. The van der Waals surface area contributed by atoms with E-state index in [2.05, 4.69) is 29.5 Å². The molecule has 0 saturated heterocycles. The second-order valence-corrected chi connectivity index (χ2v) is 5.34. The van der Waals surface area contributed by atoms with Crippen molar-refractivity contribution in [2.75, 3.05) is 47.4 Å². The van der Waals surface area contributed by atoms with Crippen molar-refractivity contribution in [2.45, 2.75) is 26.7 Å². The highest BCUT2D eigenvalue weighted by atomic mass is 127. The number of nitrogens with one attached hydrogen (secondary N) is 2. The topological polar surface area (TPSA) is 66.0 Å². The van der Waals surface area contributed by atoms with Crippen LogP contribution in [0.2, 0.25) is 0 Å². The van der Waals surface area contributed by atoms with E-state index in [1.807, 2.05) is 0 Å². The fraction of sp³-hybridized carbons (Fsp3) is 0.857. The Morgan fingerprint density at radius 2 is 1.86 bits per heavy atom. The number of amides is 1. The van der Waals surface area contributed by atoms with Gasteiger partial charge < -0.3 is 20.3 Å². The number of nitrogens with zero attached hydrogens (tertiary/aromatic N) is 2. The smallest absolute Gasteiger partial charge is 0.243 e. The fourth-order valence-corrected chi connectivity index (χ4v) is 1.45. The molecule has 0 aromatic rings. The number of methoxy groups -OCH3 is 1. The molecular formula is C14H31IN4O2. The summed E-state index contributed by atoms with van der Waals surface area (Å²) in [6.07, 6.45) is 2.26. The Labute approximate surface area is 146 Å². The van der Waals surface area contributed by atoms with E-state index in [1.165, 1.54) is 11.3 Å². The minimum absolute atomic E-state index is 0. The van der Waals surface area contributed by atoms with E-state index in [1.54, 1.807) is 21.2 Å². The maximum Gasteiger partial charge on any atom is 0.243 e.